The van der Waals surface area contributed by atoms with Crippen molar-refractivity contribution in [1.29, 1.82) is 0 Å². The summed E-state index contributed by atoms with van der Waals surface area (Å²) >= 11 is 0. The molecule has 0 aromatic heterocycles. The molecule has 0 saturated heterocycles. The number of benzene rings is 2. The first-order valence-corrected chi connectivity index (χ1v) is 8.54. The Labute approximate surface area is 177 Å². The molecule has 2 rings (SSSR count). The molecule has 146 valence electrons. The Morgan fingerprint density at radius 3 is 2.37 bits per heavy atom. The highest BCUT2D eigenvalue weighted by Gasteiger charge is 2.04. The second-order valence-corrected chi connectivity index (χ2v) is 5.83. The van der Waals surface area contributed by atoms with Gasteiger partial charge in [0.1, 0.15) is 5.75 Å². The van der Waals surface area contributed by atoms with Gasteiger partial charge in [0.25, 0.3) is 5.91 Å². The monoisotopic (exact) mass is 482 g/mol. The highest BCUT2D eigenvalue weighted by molar-refractivity contribution is 14.0. The Balaban J connectivity index is 0.00000364. The Kier molecular flexibility index (Phi) is 10.2. The van der Waals surface area contributed by atoms with Crippen molar-refractivity contribution >= 4 is 35.8 Å². The van der Waals surface area contributed by atoms with Crippen LogP contribution >= 0.6 is 24.0 Å². The number of rotatable bonds is 7. The number of amides is 1. The minimum Gasteiger partial charge on any atom is -0.497 e. The molecule has 7 heteroatoms. The van der Waals surface area contributed by atoms with E-state index in [1.165, 1.54) is 0 Å². The first kappa shape index (κ1) is 22.8. The highest BCUT2D eigenvalue weighted by Crippen LogP contribution is 2.10. The Morgan fingerprint density at radius 1 is 1.04 bits per heavy atom. The van der Waals surface area contributed by atoms with Gasteiger partial charge in [-0.1, -0.05) is 29.8 Å². The second-order valence-electron chi connectivity index (χ2n) is 5.83. The minimum absolute atomic E-state index is 0. The smallest absolute Gasteiger partial charge is 0.251 e. The van der Waals surface area contributed by atoms with Gasteiger partial charge in [-0.05, 0) is 36.8 Å². The Hall–Kier alpha value is -2.29. The molecule has 0 aliphatic heterocycles. The lowest BCUT2D eigenvalue weighted by atomic mass is 10.1. The number of aryl methyl sites for hydroxylation is 1. The van der Waals surface area contributed by atoms with Crippen molar-refractivity contribution in [1.82, 2.24) is 16.0 Å². The van der Waals surface area contributed by atoms with Crippen LogP contribution in [0.25, 0.3) is 0 Å². The van der Waals surface area contributed by atoms with Crippen LogP contribution in [0.2, 0.25) is 0 Å². The van der Waals surface area contributed by atoms with Gasteiger partial charge >= 0.3 is 0 Å². The quantitative estimate of drug-likeness (QED) is 0.246. The fourth-order valence-electron chi connectivity index (χ4n) is 2.40. The van der Waals surface area contributed by atoms with E-state index >= 15 is 0 Å². The van der Waals surface area contributed by atoms with E-state index in [0.29, 0.717) is 31.2 Å². The third-order valence-corrected chi connectivity index (χ3v) is 3.83. The molecule has 1 amide bonds. The fourth-order valence-corrected chi connectivity index (χ4v) is 2.40. The van der Waals surface area contributed by atoms with Gasteiger partial charge in [-0.2, -0.15) is 0 Å². The van der Waals surface area contributed by atoms with Gasteiger partial charge < -0.3 is 20.7 Å². The first-order valence-electron chi connectivity index (χ1n) is 8.54. The summed E-state index contributed by atoms with van der Waals surface area (Å²) in [4.78, 5) is 16.3. The van der Waals surface area contributed by atoms with Crippen LogP contribution in [-0.2, 0) is 6.54 Å². The summed E-state index contributed by atoms with van der Waals surface area (Å²) in [6.45, 7) is 3.71. The maximum atomic E-state index is 12.1. The molecule has 3 N–H and O–H groups in total. The molecule has 0 bridgehead atoms. The molecule has 27 heavy (non-hydrogen) atoms. The number of halogens is 1. The summed E-state index contributed by atoms with van der Waals surface area (Å²) < 4.78 is 5.15. The fraction of sp³-hybridized carbons (Fsp3) is 0.300. The van der Waals surface area contributed by atoms with Gasteiger partial charge in [-0.15, -0.1) is 24.0 Å². The van der Waals surface area contributed by atoms with Gasteiger partial charge in [0.2, 0.25) is 0 Å². The van der Waals surface area contributed by atoms with Crippen molar-refractivity contribution in [3.8, 4) is 5.75 Å². The number of hydrogen-bond acceptors (Lipinski definition) is 3. The predicted molar refractivity (Wildman–Crippen MR) is 120 cm³/mol. The number of ether oxygens (including phenoxy) is 1. The molecular formula is C20H27IN4O2. The second kappa shape index (κ2) is 12.2. The van der Waals surface area contributed by atoms with Gasteiger partial charge in [0, 0.05) is 32.2 Å². The summed E-state index contributed by atoms with van der Waals surface area (Å²) in [6, 6.07) is 15.4. The molecule has 0 fully saturated rings. The SMILES string of the molecule is CN=C(NCCNC(=O)c1cccc(C)c1)NCc1ccc(OC)cc1.I. The molecule has 0 spiro atoms. The summed E-state index contributed by atoms with van der Waals surface area (Å²) in [7, 11) is 3.37. The number of aliphatic imine (C=N–C) groups is 1. The van der Waals surface area contributed by atoms with Crippen molar-refractivity contribution in [3.05, 3.63) is 65.2 Å². The zero-order chi connectivity index (χ0) is 18.8. The van der Waals surface area contributed by atoms with E-state index in [9.17, 15) is 4.79 Å². The van der Waals surface area contributed by atoms with Crippen molar-refractivity contribution < 1.29 is 9.53 Å². The number of hydrogen-bond donors (Lipinski definition) is 3. The maximum Gasteiger partial charge on any atom is 0.251 e. The van der Waals surface area contributed by atoms with Gasteiger partial charge in [0.05, 0.1) is 7.11 Å². The van der Waals surface area contributed by atoms with Crippen LogP contribution in [0.1, 0.15) is 21.5 Å². The van der Waals surface area contributed by atoms with Crippen LogP contribution in [-0.4, -0.2) is 39.1 Å². The minimum atomic E-state index is -0.0725. The number of methoxy groups -OCH3 is 1. The van der Waals surface area contributed by atoms with Gasteiger partial charge in [-0.3, -0.25) is 9.79 Å². The zero-order valence-electron chi connectivity index (χ0n) is 15.9. The van der Waals surface area contributed by atoms with Crippen LogP contribution < -0.4 is 20.7 Å². The molecule has 0 unspecified atom stereocenters. The molecule has 6 nitrogen and oxygen atoms in total. The molecule has 0 aliphatic rings. The lowest BCUT2D eigenvalue weighted by Gasteiger charge is -2.13. The molecule has 2 aromatic rings. The largest absolute Gasteiger partial charge is 0.497 e. The van der Waals surface area contributed by atoms with Crippen LogP contribution in [0.5, 0.6) is 5.75 Å². The highest BCUT2D eigenvalue weighted by atomic mass is 127. The summed E-state index contributed by atoms with van der Waals surface area (Å²) in [5.41, 5.74) is 2.87. The van der Waals surface area contributed by atoms with Crippen molar-refractivity contribution in [3.63, 3.8) is 0 Å². The van der Waals surface area contributed by atoms with E-state index in [1.807, 2.05) is 55.5 Å². The molecule has 0 saturated carbocycles. The van der Waals surface area contributed by atoms with Crippen molar-refractivity contribution in [2.24, 2.45) is 4.99 Å². The maximum absolute atomic E-state index is 12.1. The Bertz CT molecular complexity index is 748. The van der Waals surface area contributed by atoms with E-state index in [0.717, 1.165) is 16.9 Å². The molecule has 0 aliphatic carbocycles. The number of nitrogens with one attached hydrogen (secondary N) is 3. The summed E-state index contributed by atoms with van der Waals surface area (Å²) in [5, 5.41) is 9.31. The molecule has 0 atom stereocenters. The predicted octanol–water partition coefficient (Wildman–Crippen LogP) is 2.72. The topological polar surface area (TPSA) is 74.8 Å². The number of nitrogens with zero attached hydrogens (tertiary/aromatic N) is 1. The van der Waals surface area contributed by atoms with Crippen LogP contribution in [0.4, 0.5) is 0 Å². The van der Waals surface area contributed by atoms with Crippen LogP contribution in [0.3, 0.4) is 0 Å². The zero-order valence-corrected chi connectivity index (χ0v) is 18.2. The lowest BCUT2D eigenvalue weighted by molar-refractivity contribution is 0.0954. The van der Waals surface area contributed by atoms with Crippen LogP contribution in [0.15, 0.2) is 53.5 Å². The van der Waals surface area contributed by atoms with E-state index in [2.05, 4.69) is 20.9 Å². The summed E-state index contributed by atoms with van der Waals surface area (Å²) in [5.74, 6) is 1.45. The molecule has 0 radical (unpaired) electrons. The van der Waals surface area contributed by atoms with Crippen molar-refractivity contribution in [2.45, 2.75) is 13.5 Å². The molecule has 2 aromatic carbocycles. The normalized spacial score (nSPS) is 10.6. The average Bonchev–Trinajstić information content (AvgIpc) is 2.67. The van der Waals surface area contributed by atoms with Gasteiger partial charge in [-0.25, -0.2) is 0 Å². The number of carbonyl (C=O) groups excluding carboxylic acids is 1. The first-order chi connectivity index (χ1) is 12.6. The van der Waals surface area contributed by atoms with Gasteiger partial charge in [0.15, 0.2) is 5.96 Å². The van der Waals surface area contributed by atoms with Crippen LogP contribution in [0, 0.1) is 6.92 Å². The van der Waals surface area contributed by atoms with E-state index in [1.54, 1.807) is 14.2 Å². The van der Waals surface area contributed by atoms with Crippen molar-refractivity contribution in [2.75, 3.05) is 27.2 Å². The van der Waals surface area contributed by atoms with E-state index in [4.69, 9.17) is 4.74 Å². The molecular weight excluding hydrogens is 455 g/mol. The summed E-state index contributed by atoms with van der Waals surface area (Å²) in [6.07, 6.45) is 0. The molecule has 0 heterocycles. The number of guanidine groups is 1. The third kappa shape index (κ3) is 7.86. The van der Waals surface area contributed by atoms with E-state index < -0.39 is 0 Å². The number of carbonyl (C=O) groups is 1. The Morgan fingerprint density at radius 2 is 1.74 bits per heavy atom. The van der Waals surface area contributed by atoms with E-state index in [-0.39, 0.29) is 29.9 Å². The standard InChI is InChI=1S/C20H26N4O2.HI/c1-15-5-4-6-17(13-15)19(25)22-11-12-23-20(21-2)24-14-16-7-9-18(26-3)10-8-16;/h4-10,13H,11-12,14H2,1-3H3,(H,22,25)(H2,21,23,24);1H. The average molecular weight is 482 g/mol. The third-order valence-electron chi connectivity index (χ3n) is 3.83. The lowest BCUT2D eigenvalue weighted by Crippen LogP contribution is -2.41.